The van der Waals surface area contributed by atoms with Crippen LogP contribution in [0.5, 0.6) is 0 Å². The van der Waals surface area contributed by atoms with Gasteiger partial charge in [-0.15, -0.1) is 0 Å². The fourth-order valence-electron chi connectivity index (χ4n) is 11.3. The van der Waals surface area contributed by atoms with Gasteiger partial charge in [0.2, 0.25) is 0 Å². The summed E-state index contributed by atoms with van der Waals surface area (Å²) in [7, 11) is 0. The molecule has 1 heteroatoms. The van der Waals surface area contributed by atoms with E-state index in [0.717, 1.165) is 18.8 Å². The van der Waals surface area contributed by atoms with E-state index in [1.807, 2.05) is 0 Å². The summed E-state index contributed by atoms with van der Waals surface area (Å²) in [6.07, 6.45) is 11.4. The fraction of sp³-hybridized carbons (Fsp3) is 0.333. The third kappa shape index (κ3) is 7.84. The van der Waals surface area contributed by atoms with Crippen molar-refractivity contribution in [1.29, 1.82) is 0 Å². The summed E-state index contributed by atoms with van der Waals surface area (Å²) >= 11 is 0. The Kier molecular flexibility index (Phi) is 10.8. The van der Waals surface area contributed by atoms with Gasteiger partial charge in [0, 0.05) is 22.5 Å². The Labute approximate surface area is 384 Å². The molecule has 0 N–H and O–H groups in total. The molecular weight excluding hydrogens is 771 g/mol. The Hall–Kier alpha value is -5.66. The highest BCUT2D eigenvalue weighted by Crippen LogP contribution is 2.52. The average Bonchev–Trinajstić information content (AvgIpc) is 3.54. The average molecular weight is 838 g/mol. The lowest BCUT2D eigenvalue weighted by Gasteiger charge is -2.32. The van der Waals surface area contributed by atoms with Gasteiger partial charge in [-0.25, -0.2) is 0 Å². The first-order chi connectivity index (χ1) is 30.7. The Morgan fingerprint density at radius 2 is 1.03 bits per heavy atom. The quantitative estimate of drug-likeness (QED) is 0.155. The largest absolute Gasteiger partial charge is 0.310 e. The highest BCUT2D eigenvalue weighted by atomic mass is 15.1. The molecule has 7 aromatic carbocycles. The molecule has 0 heterocycles. The van der Waals surface area contributed by atoms with Gasteiger partial charge in [0.25, 0.3) is 0 Å². The van der Waals surface area contributed by atoms with Crippen LogP contribution in [0.2, 0.25) is 0 Å². The summed E-state index contributed by atoms with van der Waals surface area (Å²) in [4.78, 5) is 2.58. The summed E-state index contributed by atoms with van der Waals surface area (Å²) in [5, 5.41) is 0. The number of hydrogen-bond acceptors (Lipinski definition) is 1. The van der Waals surface area contributed by atoms with Gasteiger partial charge in [-0.2, -0.15) is 0 Å². The lowest BCUT2D eigenvalue weighted by atomic mass is 9.79. The maximum atomic E-state index is 2.58. The molecule has 0 aromatic heterocycles. The number of hydrogen-bond donors (Lipinski definition) is 0. The molecule has 3 aliphatic carbocycles. The van der Waals surface area contributed by atoms with E-state index in [0.29, 0.717) is 0 Å². The molecule has 0 aliphatic heterocycles. The van der Waals surface area contributed by atoms with Crippen molar-refractivity contribution in [1.82, 2.24) is 0 Å². The van der Waals surface area contributed by atoms with Crippen LogP contribution < -0.4 is 4.90 Å². The van der Waals surface area contributed by atoms with E-state index in [2.05, 4.69) is 206 Å². The summed E-state index contributed by atoms with van der Waals surface area (Å²) in [6.45, 7) is 18.8. The van der Waals surface area contributed by atoms with Crippen molar-refractivity contribution < 1.29 is 0 Å². The monoisotopic (exact) mass is 838 g/mol. The summed E-state index contributed by atoms with van der Waals surface area (Å²) < 4.78 is 0. The van der Waals surface area contributed by atoms with Crippen LogP contribution >= 0.6 is 0 Å². The van der Waals surface area contributed by atoms with Gasteiger partial charge >= 0.3 is 0 Å². The van der Waals surface area contributed by atoms with E-state index >= 15 is 0 Å². The van der Waals surface area contributed by atoms with Gasteiger partial charge in [-0.3, -0.25) is 0 Å². The standard InChI is InChI=1S/C63H67N/c1-61(2,3)49-38-48(39-50(40-49)62(4,5)6)45-29-31-51(32-30-45)64(52-33-34-56-55-22-14-15-24-58(55)63(7,8)59(56)41-52)60-36-35-53(54-21-12-13-23-57(54)60)47-20-16-19-46(37-47)44-27-25-43(26-28-44)42-17-10-9-11-18-42/h14-16,19-20,22,24-42H,9-13,17-18,21,23H2,1-8H3. The minimum absolute atomic E-state index is 0.0556. The lowest BCUT2D eigenvalue weighted by Crippen LogP contribution is -2.18. The van der Waals surface area contributed by atoms with Crippen LogP contribution in [0.4, 0.5) is 17.1 Å². The van der Waals surface area contributed by atoms with Crippen LogP contribution in [0.3, 0.4) is 0 Å². The van der Waals surface area contributed by atoms with Gasteiger partial charge in [0.1, 0.15) is 0 Å². The SMILES string of the molecule is CC(C)(C)c1cc(-c2ccc(N(c3ccc4c(c3)C(C)(C)c3ccccc3-4)c3ccc(-c4cccc(-c5ccc(C6CCCCC6)cc5)c4)c4c3CCCC4)cc2)cc(C(C)(C)C)c1. The molecule has 0 bridgehead atoms. The van der Waals surface area contributed by atoms with Crippen LogP contribution in [0.25, 0.3) is 44.5 Å². The first kappa shape index (κ1) is 42.3. The van der Waals surface area contributed by atoms with Crippen molar-refractivity contribution in [3.63, 3.8) is 0 Å². The van der Waals surface area contributed by atoms with Crippen LogP contribution in [0.1, 0.15) is 145 Å². The smallest absolute Gasteiger partial charge is 0.0496 e. The highest BCUT2D eigenvalue weighted by molar-refractivity contribution is 5.88. The molecule has 1 fully saturated rings. The second-order valence-corrected chi connectivity index (χ2v) is 21.9. The van der Waals surface area contributed by atoms with Crippen molar-refractivity contribution in [3.8, 4) is 44.5 Å². The number of fused-ring (bicyclic) bond motifs is 4. The Morgan fingerprint density at radius 3 is 1.73 bits per heavy atom. The fourth-order valence-corrected chi connectivity index (χ4v) is 11.3. The maximum Gasteiger partial charge on any atom is 0.0496 e. The minimum Gasteiger partial charge on any atom is -0.310 e. The van der Waals surface area contributed by atoms with E-state index in [4.69, 9.17) is 0 Å². The zero-order chi connectivity index (χ0) is 44.4. The zero-order valence-electron chi connectivity index (χ0n) is 39.7. The summed E-state index contributed by atoms with van der Waals surface area (Å²) in [5.74, 6) is 0.725. The third-order valence-electron chi connectivity index (χ3n) is 15.2. The first-order valence-corrected chi connectivity index (χ1v) is 24.4. The van der Waals surface area contributed by atoms with Crippen molar-refractivity contribution in [3.05, 3.63) is 185 Å². The van der Waals surface area contributed by atoms with E-state index in [9.17, 15) is 0 Å². The van der Waals surface area contributed by atoms with Crippen LogP contribution in [-0.2, 0) is 29.1 Å². The van der Waals surface area contributed by atoms with E-state index in [1.54, 1.807) is 0 Å². The molecule has 64 heavy (non-hydrogen) atoms. The maximum absolute atomic E-state index is 2.58. The van der Waals surface area contributed by atoms with Gasteiger partial charge < -0.3 is 4.90 Å². The molecule has 0 radical (unpaired) electrons. The molecule has 0 atom stereocenters. The van der Waals surface area contributed by atoms with Crippen molar-refractivity contribution in [2.75, 3.05) is 4.90 Å². The Balaban J connectivity index is 1.08. The van der Waals surface area contributed by atoms with Crippen molar-refractivity contribution in [2.24, 2.45) is 0 Å². The number of benzene rings is 7. The molecule has 1 saturated carbocycles. The van der Waals surface area contributed by atoms with Gasteiger partial charge in [0.05, 0.1) is 0 Å². The minimum atomic E-state index is -0.0925. The Morgan fingerprint density at radius 1 is 0.438 bits per heavy atom. The predicted octanol–water partition coefficient (Wildman–Crippen LogP) is 18.0. The zero-order valence-corrected chi connectivity index (χ0v) is 39.7. The van der Waals surface area contributed by atoms with Crippen LogP contribution in [0, 0.1) is 0 Å². The molecule has 0 amide bonds. The second kappa shape index (κ2) is 16.4. The molecule has 0 saturated heterocycles. The van der Waals surface area contributed by atoms with E-state index < -0.39 is 0 Å². The summed E-state index contributed by atoms with van der Waals surface area (Å²) in [6, 6.07) is 56.7. The highest BCUT2D eigenvalue weighted by Gasteiger charge is 2.36. The van der Waals surface area contributed by atoms with Crippen molar-refractivity contribution >= 4 is 17.1 Å². The molecule has 1 nitrogen and oxygen atoms in total. The number of nitrogens with zero attached hydrogens (tertiary/aromatic N) is 1. The molecule has 10 rings (SSSR count). The molecular formula is C63H67N. The van der Waals surface area contributed by atoms with Crippen molar-refractivity contribution in [2.45, 2.75) is 135 Å². The van der Waals surface area contributed by atoms with Gasteiger partial charge in [0.15, 0.2) is 0 Å². The van der Waals surface area contributed by atoms with E-state index in [1.165, 1.54) is 145 Å². The Bertz CT molecular complexity index is 2800. The van der Waals surface area contributed by atoms with E-state index in [-0.39, 0.29) is 16.2 Å². The molecule has 324 valence electrons. The molecule has 0 unspecified atom stereocenters. The topological polar surface area (TPSA) is 3.24 Å². The molecule has 0 spiro atoms. The number of rotatable bonds is 7. The summed E-state index contributed by atoms with van der Waals surface area (Å²) in [5.41, 5.74) is 24.4. The van der Waals surface area contributed by atoms with Gasteiger partial charge in [-0.1, -0.05) is 184 Å². The normalized spacial score (nSPS) is 15.9. The second-order valence-electron chi connectivity index (χ2n) is 21.9. The molecule has 3 aliphatic rings. The first-order valence-electron chi connectivity index (χ1n) is 24.4. The van der Waals surface area contributed by atoms with Crippen LogP contribution in [-0.4, -0.2) is 0 Å². The molecule has 7 aromatic rings. The predicted molar refractivity (Wildman–Crippen MR) is 275 cm³/mol. The van der Waals surface area contributed by atoms with Crippen LogP contribution in [0.15, 0.2) is 146 Å². The third-order valence-corrected chi connectivity index (χ3v) is 15.2. The lowest BCUT2D eigenvalue weighted by molar-refractivity contribution is 0.443. The number of anilines is 3. The van der Waals surface area contributed by atoms with Gasteiger partial charge in [-0.05, 0) is 175 Å².